The van der Waals surface area contributed by atoms with E-state index in [9.17, 15) is 4.79 Å². The standard InChI is InChI=1S/C10H15N3O2S.ClH/c1-15-4-7(11)9(14)13-10-8(6-2-3-6)12-5-16-10;/h5-7H,2-4,11H2,1H3,(H,13,14);1H. The third-order valence-electron chi connectivity index (χ3n) is 2.48. The van der Waals surface area contributed by atoms with E-state index in [-0.39, 0.29) is 24.9 Å². The molecule has 17 heavy (non-hydrogen) atoms. The van der Waals surface area contributed by atoms with Crippen molar-refractivity contribution >= 4 is 34.7 Å². The fraction of sp³-hybridized carbons (Fsp3) is 0.600. The molecule has 1 unspecified atom stereocenters. The molecule has 0 bridgehead atoms. The molecule has 7 heteroatoms. The van der Waals surface area contributed by atoms with Crippen LogP contribution >= 0.6 is 23.7 Å². The minimum absolute atomic E-state index is 0. The SMILES string of the molecule is COCC(N)C(=O)Nc1scnc1C1CC1.Cl. The maximum atomic E-state index is 11.7. The van der Waals surface area contributed by atoms with E-state index in [0.717, 1.165) is 23.5 Å². The van der Waals surface area contributed by atoms with Crippen LogP contribution in [0.2, 0.25) is 0 Å². The number of hydrogen-bond donors (Lipinski definition) is 2. The normalized spacial score (nSPS) is 16.1. The Morgan fingerprint density at radius 2 is 2.47 bits per heavy atom. The molecule has 1 aromatic rings. The van der Waals surface area contributed by atoms with Gasteiger partial charge in [0.15, 0.2) is 0 Å². The minimum Gasteiger partial charge on any atom is -0.383 e. The van der Waals surface area contributed by atoms with Crippen molar-refractivity contribution in [1.29, 1.82) is 0 Å². The summed E-state index contributed by atoms with van der Waals surface area (Å²) in [6.45, 7) is 0.226. The van der Waals surface area contributed by atoms with Gasteiger partial charge in [-0.1, -0.05) is 0 Å². The van der Waals surface area contributed by atoms with Gasteiger partial charge in [-0.3, -0.25) is 4.79 Å². The first-order chi connectivity index (χ1) is 7.72. The molecule has 0 radical (unpaired) electrons. The zero-order valence-corrected chi connectivity index (χ0v) is 11.1. The van der Waals surface area contributed by atoms with E-state index in [1.54, 1.807) is 5.51 Å². The Labute approximate surface area is 110 Å². The van der Waals surface area contributed by atoms with Crippen LogP contribution in [0, 0.1) is 0 Å². The van der Waals surface area contributed by atoms with Gasteiger partial charge in [-0.25, -0.2) is 4.98 Å². The van der Waals surface area contributed by atoms with Gasteiger partial charge < -0.3 is 15.8 Å². The lowest BCUT2D eigenvalue weighted by Crippen LogP contribution is -2.39. The molecule has 1 fully saturated rings. The molecule has 5 nitrogen and oxygen atoms in total. The highest BCUT2D eigenvalue weighted by Crippen LogP contribution is 2.43. The van der Waals surface area contributed by atoms with Crippen molar-refractivity contribution in [2.75, 3.05) is 19.0 Å². The number of hydrogen-bond acceptors (Lipinski definition) is 5. The number of nitrogens with two attached hydrogens (primary N) is 1. The summed E-state index contributed by atoms with van der Waals surface area (Å²) in [5.41, 5.74) is 8.39. The van der Waals surface area contributed by atoms with Crippen LogP contribution in [0.25, 0.3) is 0 Å². The predicted molar refractivity (Wildman–Crippen MR) is 69.8 cm³/mol. The molecule has 1 aliphatic carbocycles. The van der Waals surface area contributed by atoms with Gasteiger partial charge in [0.1, 0.15) is 11.0 Å². The molecular formula is C10H16ClN3O2S. The number of methoxy groups -OCH3 is 1. The van der Waals surface area contributed by atoms with Crippen molar-refractivity contribution in [2.45, 2.75) is 24.8 Å². The molecule has 1 aromatic heterocycles. The van der Waals surface area contributed by atoms with Gasteiger partial charge in [0, 0.05) is 13.0 Å². The fourth-order valence-electron chi connectivity index (χ4n) is 1.46. The predicted octanol–water partition coefficient (Wildman–Crippen LogP) is 1.35. The molecule has 0 aromatic carbocycles. The highest BCUT2D eigenvalue weighted by Gasteiger charge is 2.29. The van der Waals surface area contributed by atoms with E-state index in [0.29, 0.717) is 5.92 Å². The van der Waals surface area contributed by atoms with Crippen LogP contribution < -0.4 is 11.1 Å². The van der Waals surface area contributed by atoms with Crippen LogP contribution in [-0.4, -0.2) is 30.6 Å². The van der Waals surface area contributed by atoms with Crippen molar-refractivity contribution in [1.82, 2.24) is 4.98 Å². The lowest BCUT2D eigenvalue weighted by molar-refractivity contribution is -0.118. The van der Waals surface area contributed by atoms with E-state index < -0.39 is 6.04 Å². The topological polar surface area (TPSA) is 77.2 Å². The van der Waals surface area contributed by atoms with Crippen molar-refractivity contribution in [3.05, 3.63) is 11.2 Å². The Balaban J connectivity index is 0.00000144. The highest BCUT2D eigenvalue weighted by atomic mass is 35.5. The summed E-state index contributed by atoms with van der Waals surface area (Å²) in [4.78, 5) is 15.9. The zero-order chi connectivity index (χ0) is 11.5. The number of ether oxygens (including phenoxy) is 1. The summed E-state index contributed by atoms with van der Waals surface area (Å²) >= 11 is 1.44. The zero-order valence-electron chi connectivity index (χ0n) is 9.51. The molecule has 3 N–H and O–H groups in total. The van der Waals surface area contributed by atoms with Crippen molar-refractivity contribution in [3.8, 4) is 0 Å². The molecule has 1 heterocycles. The monoisotopic (exact) mass is 277 g/mol. The maximum absolute atomic E-state index is 11.7. The fourth-order valence-corrected chi connectivity index (χ4v) is 2.23. The Hall–Kier alpha value is -0.690. The average molecular weight is 278 g/mol. The van der Waals surface area contributed by atoms with Crippen LogP contribution in [0.15, 0.2) is 5.51 Å². The minimum atomic E-state index is -0.626. The van der Waals surface area contributed by atoms with Gasteiger partial charge >= 0.3 is 0 Å². The van der Waals surface area contributed by atoms with Gasteiger partial charge in [0.25, 0.3) is 0 Å². The van der Waals surface area contributed by atoms with E-state index in [1.165, 1.54) is 18.4 Å². The number of aromatic nitrogens is 1. The Morgan fingerprint density at radius 3 is 3.06 bits per heavy atom. The third kappa shape index (κ3) is 3.64. The van der Waals surface area contributed by atoms with E-state index in [4.69, 9.17) is 10.5 Å². The molecule has 1 atom stereocenters. The summed E-state index contributed by atoms with van der Waals surface area (Å²) in [5, 5.41) is 3.64. The number of anilines is 1. The summed E-state index contributed by atoms with van der Waals surface area (Å²) in [7, 11) is 1.52. The number of thiazole rings is 1. The molecule has 1 amide bonds. The molecule has 2 rings (SSSR count). The molecule has 96 valence electrons. The second-order valence-electron chi connectivity index (χ2n) is 3.89. The number of rotatable bonds is 5. The summed E-state index contributed by atoms with van der Waals surface area (Å²) in [6, 6.07) is -0.626. The Morgan fingerprint density at radius 1 is 1.76 bits per heavy atom. The lowest BCUT2D eigenvalue weighted by atomic mass is 10.3. The van der Waals surface area contributed by atoms with Gasteiger partial charge in [-0.2, -0.15) is 0 Å². The first-order valence-electron chi connectivity index (χ1n) is 5.21. The van der Waals surface area contributed by atoms with Crippen LogP contribution in [0.3, 0.4) is 0 Å². The largest absolute Gasteiger partial charge is 0.383 e. The maximum Gasteiger partial charge on any atom is 0.244 e. The second-order valence-corrected chi connectivity index (χ2v) is 4.75. The third-order valence-corrected chi connectivity index (χ3v) is 3.24. The highest BCUT2D eigenvalue weighted by molar-refractivity contribution is 7.14. The van der Waals surface area contributed by atoms with Gasteiger partial charge in [0.05, 0.1) is 17.8 Å². The van der Waals surface area contributed by atoms with E-state index >= 15 is 0 Å². The first-order valence-corrected chi connectivity index (χ1v) is 6.09. The first kappa shape index (κ1) is 14.4. The van der Waals surface area contributed by atoms with Crippen LogP contribution in [0.4, 0.5) is 5.00 Å². The van der Waals surface area contributed by atoms with Crippen molar-refractivity contribution < 1.29 is 9.53 Å². The average Bonchev–Trinajstić information content (AvgIpc) is 3.00. The van der Waals surface area contributed by atoms with Gasteiger partial charge in [-0.05, 0) is 12.8 Å². The number of nitrogens with zero attached hydrogens (tertiary/aromatic N) is 1. The van der Waals surface area contributed by atoms with Crippen LogP contribution in [0.1, 0.15) is 24.5 Å². The second kappa shape index (κ2) is 6.30. The van der Waals surface area contributed by atoms with Gasteiger partial charge in [-0.15, -0.1) is 23.7 Å². The van der Waals surface area contributed by atoms with Crippen LogP contribution in [0.5, 0.6) is 0 Å². The number of carbonyl (C=O) groups is 1. The quantitative estimate of drug-likeness (QED) is 0.852. The summed E-state index contributed by atoms with van der Waals surface area (Å²) in [6.07, 6.45) is 2.33. The number of carbonyl (C=O) groups excluding carboxylic acids is 1. The lowest BCUT2D eigenvalue weighted by Gasteiger charge is -2.10. The Bertz CT molecular complexity index is 381. The van der Waals surface area contributed by atoms with Crippen LogP contribution in [-0.2, 0) is 9.53 Å². The van der Waals surface area contributed by atoms with Gasteiger partial charge in [0.2, 0.25) is 5.91 Å². The summed E-state index contributed by atoms with van der Waals surface area (Å²) < 4.78 is 4.84. The number of nitrogens with one attached hydrogen (secondary N) is 1. The number of halogens is 1. The van der Waals surface area contributed by atoms with E-state index in [2.05, 4.69) is 10.3 Å². The molecule has 0 aliphatic heterocycles. The molecule has 1 saturated carbocycles. The Kier molecular flexibility index (Phi) is 5.32. The van der Waals surface area contributed by atoms with Crippen molar-refractivity contribution in [2.24, 2.45) is 5.73 Å². The molecule has 0 saturated heterocycles. The van der Waals surface area contributed by atoms with Crippen molar-refractivity contribution in [3.63, 3.8) is 0 Å². The number of amides is 1. The van der Waals surface area contributed by atoms with E-state index in [1.807, 2.05) is 0 Å². The summed E-state index contributed by atoms with van der Waals surface area (Å²) in [5.74, 6) is 0.313. The molecule has 1 aliphatic rings. The molecule has 0 spiro atoms. The smallest absolute Gasteiger partial charge is 0.244 e. The molecular weight excluding hydrogens is 262 g/mol.